The molecule has 6 heteroatoms. The molecule has 214 valence electrons. The van der Waals surface area contributed by atoms with E-state index in [4.69, 9.17) is 23.7 Å². The van der Waals surface area contributed by atoms with Crippen molar-refractivity contribution in [3.63, 3.8) is 0 Å². The van der Waals surface area contributed by atoms with Crippen LogP contribution in [0.25, 0.3) is 0 Å². The SMILES string of the molecule is CCCCCCCCCCCCCCCC(=O)OCCOCCOCCOCCOCc1ccccc1. The van der Waals surface area contributed by atoms with E-state index in [2.05, 4.69) is 6.92 Å². The molecular weight excluding hydrogens is 468 g/mol. The maximum atomic E-state index is 11.8. The molecule has 0 unspecified atom stereocenters. The molecule has 0 saturated heterocycles. The van der Waals surface area contributed by atoms with Crippen molar-refractivity contribution in [1.82, 2.24) is 0 Å². The number of carbonyl (C=O) groups excluding carboxylic acids is 1. The van der Waals surface area contributed by atoms with E-state index >= 15 is 0 Å². The average Bonchev–Trinajstić information content (AvgIpc) is 2.92. The van der Waals surface area contributed by atoms with Gasteiger partial charge in [0.15, 0.2) is 0 Å². The Hall–Kier alpha value is -1.47. The van der Waals surface area contributed by atoms with Crippen LogP contribution in [0.1, 0.15) is 102 Å². The number of hydrogen-bond donors (Lipinski definition) is 0. The molecule has 0 aliphatic carbocycles. The zero-order chi connectivity index (χ0) is 26.5. The maximum Gasteiger partial charge on any atom is 0.305 e. The van der Waals surface area contributed by atoms with Gasteiger partial charge in [-0.3, -0.25) is 4.79 Å². The molecule has 0 N–H and O–H groups in total. The van der Waals surface area contributed by atoms with Crippen LogP contribution >= 0.6 is 0 Å². The summed E-state index contributed by atoms with van der Waals surface area (Å²) in [5, 5.41) is 0. The number of esters is 1. The Morgan fingerprint density at radius 3 is 1.49 bits per heavy atom. The van der Waals surface area contributed by atoms with Crippen molar-refractivity contribution in [2.75, 3.05) is 52.9 Å². The normalized spacial score (nSPS) is 11.2. The average molecular weight is 523 g/mol. The number of ether oxygens (including phenoxy) is 5. The Kier molecular flexibility index (Phi) is 25.0. The predicted molar refractivity (Wildman–Crippen MR) is 150 cm³/mol. The predicted octanol–water partition coefficient (Wildman–Crippen LogP) is 7.28. The third-order valence-corrected chi connectivity index (χ3v) is 6.20. The molecule has 0 fully saturated rings. The second-order valence-electron chi connectivity index (χ2n) is 9.59. The van der Waals surface area contributed by atoms with Gasteiger partial charge in [0.05, 0.1) is 52.9 Å². The first kappa shape index (κ1) is 33.6. The van der Waals surface area contributed by atoms with Crippen LogP contribution < -0.4 is 0 Å². The van der Waals surface area contributed by atoms with Crippen LogP contribution in [-0.2, 0) is 35.1 Å². The Morgan fingerprint density at radius 2 is 0.973 bits per heavy atom. The minimum atomic E-state index is -0.118. The van der Waals surface area contributed by atoms with Crippen molar-refractivity contribution >= 4 is 5.97 Å². The molecule has 37 heavy (non-hydrogen) atoms. The zero-order valence-electron chi connectivity index (χ0n) is 23.6. The highest BCUT2D eigenvalue weighted by Gasteiger charge is 2.03. The van der Waals surface area contributed by atoms with Gasteiger partial charge in [0.25, 0.3) is 0 Å². The zero-order valence-corrected chi connectivity index (χ0v) is 23.6. The Bertz CT molecular complexity index is 595. The van der Waals surface area contributed by atoms with Gasteiger partial charge in [-0.05, 0) is 12.0 Å². The molecular formula is C31H54O6. The Balaban J connectivity index is 1.70. The molecule has 1 aromatic carbocycles. The molecule has 0 aliphatic heterocycles. The topological polar surface area (TPSA) is 63.2 Å². The van der Waals surface area contributed by atoms with Gasteiger partial charge in [-0.2, -0.15) is 0 Å². The van der Waals surface area contributed by atoms with Crippen LogP contribution in [0.4, 0.5) is 0 Å². The van der Waals surface area contributed by atoms with Gasteiger partial charge in [0, 0.05) is 6.42 Å². The summed E-state index contributed by atoms with van der Waals surface area (Å²) in [5.74, 6) is -0.118. The van der Waals surface area contributed by atoms with Gasteiger partial charge in [-0.1, -0.05) is 114 Å². The van der Waals surface area contributed by atoms with Crippen LogP contribution in [-0.4, -0.2) is 58.8 Å². The highest BCUT2D eigenvalue weighted by atomic mass is 16.6. The van der Waals surface area contributed by atoms with E-state index in [9.17, 15) is 4.79 Å². The van der Waals surface area contributed by atoms with E-state index in [1.54, 1.807) is 0 Å². The highest BCUT2D eigenvalue weighted by molar-refractivity contribution is 5.69. The first-order chi connectivity index (χ1) is 18.3. The summed E-state index contributed by atoms with van der Waals surface area (Å²) in [6.07, 6.45) is 17.5. The van der Waals surface area contributed by atoms with Crippen molar-refractivity contribution in [3.05, 3.63) is 35.9 Å². The number of hydrogen-bond acceptors (Lipinski definition) is 6. The molecule has 0 heterocycles. The molecule has 0 spiro atoms. The lowest BCUT2D eigenvalue weighted by Gasteiger charge is -2.08. The second-order valence-corrected chi connectivity index (χ2v) is 9.59. The third-order valence-electron chi connectivity index (χ3n) is 6.20. The number of benzene rings is 1. The van der Waals surface area contributed by atoms with E-state index in [1.807, 2.05) is 30.3 Å². The van der Waals surface area contributed by atoms with Crippen LogP contribution in [0.15, 0.2) is 30.3 Å². The standard InChI is InChI=1S/C31H54O6/c1-2-3-4-5-6-7-8-9-10-11-12-13-17-20-31(32)37-28-27-35-24-23-33-21-22-34-25-26-36-29-30-18-15-14-16-19-30/h14-16,18-19H,2-13,17,20-29H2,1H3. The first-order valence-electron chi connectivity index (χ1n) is 14.8. The molecule has 1 rings (SSSR count). The maximum absolute atomic E-state index is 11.8. The van der Waals surface area contributed by atoms with Crippen LogP contribution in [0.3, 0.4) is 0 Å². The summed E-state index contributed by atoms with van der Waals surface area (Å²) in [6.45, 7) is 6.75. The van der Waals surface area contributed by atoms with Crippen molar-refractivity contribution in [2.45, 2.75) is 103 Å². The molecule has 0 amide bonds. The first-order valence-corrected chi connectivity index (χ1v) is 14.8. The largest absolute Gasteiger partial charge is 0.463 e. The summed E-state index contributed by atoms with van der Waals surface area (Å²) in [4.78, 5) is 11.8. The van der Waals surface area contributed by atoms with E-state index < -0.39 is 0 Å². The summed E-state index contributed by atoms with van der Waals surface area (Å²) in [6, 6.07) is 10.1. The van der Waals surface area contributed by atoms with E-state index in [0.717, 1.165) is 18.4 Å². The lowest BCUT2D eigenvalue weighted by Crippen LogP contribution is -2.14. The van der Waals surface area contributed by atoms with Gasteiger partial charge in [0.1, 0.15) is 6.61 Å². The summed E-state index contributed by atoms with van der Waals surface area (Å²) in [5.41, 5.74) is 1.16. The fourth-order valence-corrected chi connectivity index (χ4v) is 4.00. The third kappa shape index (κ3) is 24.6. The Morgan fingerprint density at radius 1 is 0.541 bits per heavy atom. The summed E-state index contributed by atoms with van der Waals surface area (Å²) in [7, 11) is 0. The minimum Gasteiger partial charge on any atom is -0.463 e. The monoisotopic (exact) mass is 522 g/mol. The van der Waals surface area contributed by atoms with Gasteiger partial charge < -0.3 is 23.7 Å². The molecule has 0 aromatic heterocycles. The number of carbonyl (C=O) groups is 1. The lowest BCUT2D eigenvalue weighted by molar-refractivity contribution is -0.145. The van der Waals surface area contributed by atoms with Crippen LogP contribution in [0.2, 0.25) is 0 Å². The van der Waals surface area contributed by atoms with Crippen molar-refractivity contribution in [3.8, 4) is 0 Å². The highest BCUT2D eigenvalue weighted by Crippen LogP contribution is 2.13. The molecule has 6 nitrogen and oxygen atoms in total. The molecule has 1 aromatic rings. The van der Waals surface area contributed by atoms with E-state index in [1.165, 1.54) is 70.6 Å². The van der Waals surface area contributed by atoms with Gasteiger partial charge >= 0.3 is 5.97 Å². The summed E-state index contributed by atoms with van der Waals surface area (Å²) < 4.78 is 27.2. The molecule has 0 radical (unpaired) electrons. The lowest BCUT2D eigenvalue weighted by atomic mass is 10.0. The van der Waals surface area contributed by atoms with Gasteiger partial charge in [-0.15, -0.1) is 0 Å². The van der Waals surface area contributed by atoms with E-state index in [-0.39, 0.29) is 5.97 Å². The smallest absolute Gasteiger partial charge is 0.305 e. The van der Waals surface area contributed by atoms with Gasteiger partial charge in [-0.25, -0.2) is 0 Å². The number of unbranched alkanes of at least 4 members (excludes halogenated alkanes) is 12. The second kappa shape index (κ2) is 27.6. The fraction of sp³-hybridized carbons (Fsp3) is 0.774. The Labute approximate surface area is 226 Å². The fourth-order valence-electron chi connectivity index (χ4n) is 4.00. The van der Waals surface area contributed by atoms with Crippen molar-refractivity contribution in [1.29, 1.82) is 0 Å². The number of rotatable bonds is 28. The molecule has 0 aliphatic rings. The minimum absolute atomic E-state index is 0.118. The quantitative estimate of drug-likeness (QED) is 0.0851. The van der Waals surface area contributed by atoms with E-state index in [0.29, 0.717) is 65.9 Å². The van der Waals surface area contributed by atoms with Crippen LogP contribution in [0, 0.1) is 0 Å². The molecule has 0 saturated carbocycles. The van der Waals surface area contributed by atoms with Crippen molar-refractivity contribution < 1.29 is 28.5 Å². The summed E-state index contributed by atoms with van der Waals surface area (Å²) >= 11 is 0. The molecule has 0 atom stereocenters. The molecule has 0 bridgehead atoms. The van der Waals surface area contributed by atoms with Gasteiger partial charge in [0.2, 0.25) is 0 Å². The van der Waals surface area contributed by atoms with Crippen molar-refractivity contribution in [2.24, 2.45) is 0 Å². The van der Waals surface area contributed by atoms with Crippen LogP contribution in [0.5, 0.6) is 0 Å².